The van der Waals surface area contributed by atoms with E-state index in [4.69, 9.17) is 0 Å². The molecule has 112 valence electrons. The smallest absolute Gasteiger partial charge is 0.346 e. The van der Waals surface area contributed by atoms with Gasteiger partial charge in [0.1, 0.15) is 21.9 Å². The Morgan fingerprint density at radius 2 is 2.29 bits per heavy atom. The molecule has 1 aliphatic rings. The maximum atomic E-state index is 11.3. The molecule has 1 fully saturated rings. The normalized spacial score (nSPS) is 21.8. The quantitative estimate of drug-likeness (QED) is 0.802. The number of carbonyl (C=O) groups is 1. The van der Waals surface area contributed by atoms with Crippen molar-refractivity contribution < 1.29 is 15.0 Å². The molecule has 0 aliphatic heterocycles. The van der Waals surface area contributed by atoms with Gasteiger partial charge in [0, 0.05) is 18.6 Å². The van der Waals surface area contributed by atoms with E-state index in [-0.39, 0.29) is 18.6 Å². The number of anilines is 1. The number of carboxylic acid groups (broad SMARTS) is 1. The SMILES string of the molecule is Cc1c(C(=O)O)sc2ncnc(NC3CCCC3CO)c12. The number of aromatic nitrogens is 2. The van der Waals surface area contributed by atoms with Gasteiger partial charge in [-0.05, 0) is 25.3 Å². The van der Waals surface area contributed by atoms with Crippen LogP contribution in [0.1, 0.15) is 34.5 Å². The molecule has 0 spiro atoms. The van der Waals surface area contributed by atoms with Crippen molar-refractivity contribution in [2.45, 2.75) is 32.2 Å². The van der Waals surface area contributed by atoms with Crippen molar-refractivity contribution in [2.75, 3.05) is 11.9 Å². The molecule has 1 saturated carbocycles. The Hall–Kier alpha value is -1.73. The minimum atomic E-state index is -0.935. The topological polar surface area (TPSA) is 95.3 Å². The number of rotatable bonds is 4. The summed E-state index contributed by atoms with van der Waals surface area (Å²) in [5.41, 5.74) is 0.698. The summed E-state index contributed by atoms with van der Waals surface area (Å²) in [6.45, 7) is 1.95. The summed E-state index contributed by atoms with van der Waals surface area (Å²) >= 11 is 1.17. The minimum absolute atomic E-state index is 0.162. The van der Waals surface area contributed by atoms with E-state index in [1.807, 2.05) is 0 Å². The zero-order valence-electron chi connectivity index (χ0n) is 11.7. The lowest BCUT2D eigenvalue weighted by atomic mass is 10.0. The standard InChI is InChI=1S/C14H17N3O3S/c1-7-10-12(17-9-4-2-3-8(9)5-18)15-6-16-13(10)21-11(7)14(19)20/h6,8-9,18H,2-5H2,1H3,(H,19,20)(H,15,16,17). The van der Waals surface area contributed by atoms with Crippen LogP contribution in [0.4, 0.5) is 5.82 Å². The van der Waals surface area contributed by atoms with Crippen LogP contribution in [-0.4, -0.2) is 38.8 Å². The second kappa shape index (κ2) is 5.57. The van der Waals surface area contributed by atoms with Gasteiger partial charge in [0.05, 0.1) is 5.39 Å². The lowest BCUT2D eigenvalue weighted by molar-refractivity contribution is 0.0701. The number of aliphatic hydroxyl groups is 1. The van der Waals surface area contributed by atoms with E-state index in [2.05, 4.69) is 15.3 Å². The molecular weight excluding hydrogens is 290 g/mol. The Morgan fingerprint density at radius 1 is 1.48 bits per heavy atom. The van der Waals surface area contributed by atoms with Crippen LogP contribution in [0.2, 0.25) is 0 Å². The van der Waals surface area contributed by atoms with Gasteiger partial charge in [0.15, 0.2) is 0 Å². The van der Waals surface area contributed by atoms with Crippen LogP contribution in [0.15, 0.2) is 6.33 Å². The zero-order chi connectivity index (χ0) is 15.0. The molecule has 2 heterocycles. The fourth-order valence-corrected chi connectivity index (χ4v) is 3.99. The maximum Gasteiger partial charge on any atom is 0.346 e. The van der Waals surface area contributed by atoms with E-state index in [9.17, 15) is 15.0 Å². The summed E-state index contributed by atoms with van der Waals surface area (Å²) in [6.07, 6.45) is 4.53. The van der Waals surface area contributed by atoms with Gasteiger partial charge in [0.25, 0.3) is 0 Å². The first-order chi connectivity index (χ1) is 10.1. The summed E-state index contributed by atoms with van der Waals surface area (Å²) in [7, 11) is 0. The number of aliphatic hydroxyl groups excluding tert-OH is 1. The van der Waals surface area contributed by atoms with Gasteiger partial charge in [-0.15, -0.1) is 11.3 Å². The lowest BCUT2D eigenvalue weighted by Crippen LogP contribution is -2.26. The average Bonchev–Trinajstić information content (AvgIpc) is 3.04. The highest BCUT2D eigenvalue weighted by atomic mass is 32.1. The van der Waals surface area contributed by atoms with Crippen molar-refractivity contribution in [2.24, 2.45) is 5.92 Å². The molecule has 6 nitrogen and oxygen atoms in total. The Labute approximate surface area is 125 Å². The Morgan fingerprint density at radius 3 is 3.00 bits per heavy atom. The molecule has 2 atom stereocenters. The Balaban J connectivity index is 2.00. The van der Waals surface area contributed by atoms with Crippen molar-refractivity contribution in [3.05, 3.63) is 16.8 Å². The van der Waals surface area contributed by atoms with Gasteiger partial charge >= 0.3 is 5.97 Å². The first kappa shape index (κ1) is 14.2. The minimum Gasteiger partial charge on any atom is -0.477 e. The molecule has 1 aliphatic carbocycles. The van der Waals surface area contributed by atoms with Gasteiger partial charge in [-0.1, -0.05) is 6.42 Å². The van der Waals surface area contributed by atoms with Crippen LogP contribution in [0.3, 0.4) is 0 Å². The summed E-state index contributed by atoms with van der Waals surface area (Å²) in [5.74, 6) is -0.0324. The average molecular weight is 307 g/mol. The molecule has 0 aromatic carbocycles. The largest absolute Gasteiger partial charge is 0.477 e. The van der Waals surface area contributed by atoms with Gasteiger partial charge in [-0.2, -0.15) is 0 Å². The number of thiophene rings is 1. The van der Waals surface area contributed by atoms with Gasteiger partial charge in [-0.3, -0.25) is 0 Å². The number of carboxylic acids is 1. The summed E-state index contributed by atoms with van der Waals surface area (Å²) < 4.78 is 0. The number of fused-ring (bicyclic) bond motifs is 1. The van der Waals surface area contributed by atoms with Gasteiger partial charge in [-0.25, -0.2) is 14.8 Å². The van der Waals surface area contributed by atoms with Crippen molar-refractivity contribution >= 4 is 33.3 Å². The van der Waals surface area contributed by atoms with Crippen molar-refractivity contribution in [1.82, 2.24) is 9.97 Å². The third-order valence-electron chi connectivity index (χ3n) is 4.14. The van der Waals surface area contributed by atoms with Crippen LogP contribution in [0.5, 0.6) is 0 Å². The van der Waals surface area contributed by atoms with E-state index in [1.165, 1.54) is 17.7 Å². The lowest BCUT2D eigenvalue weighted by Gasteiger charge is -2.20. The molecule has 3 N–H and O–H groups in total. The van der Waals surface area contributed by atoms with E-state index in [0.717, 1.165) is 24.6 Å². The monoisotopic (exact) mass is 307 g/mol. The molecule has 0 radical (unpaired) electrons. The number of hydrogen-bond acceptors (Lipinski definition) is 6. The van der Waals surface area contributed by atoms with E-state index < -0.39 is 5.97 Å². The molecule has 3 rings (SSSR count). The van der Waals surface area contributed by atoms with Gasteiger partial charge in [0.2, 0.25) is 0 Å². The fourth-order valence-electron chi connectivity index (χ4n) is 3.01. The highest BCUT2D eigenvalue weighted by molar-refractivity contribution is 7.20. The second-order valence-corrected chi connectivity index (χ2v) is 6.39. The van der Waals surface area contributed by atoms with Gasteiger partial charge < -0.3 is 15.5 Å². The highest BCUT2D eigenvalue weighted by Gasteiger charge is 2.28. The Bertz CT molecular complexity index is 685. The maximum absolute atomic E-state index is 11.3. The van der Waals surface area contributed by atoms with Crippen LogP contribution in [0, 0.1) is 12.8 Å². The fraction of sp³-hybridized carbons (Fsp3) is 0.500. The van der Waals surface area contributed by atoms with Crippen LogP contribution < -0.4 is 5.32 Å². The molecule has 0 saturated heterocycles. The van der Waals surface area contributed by atoms with Crippen LogP contribution in [-0.2, 0) is 0 Å². The van der Waals surface area contributed by atoms with Crippen molar-refractivity contribution in [1.29, 1.82) is 0 Å². The number of aromatic carboxylic acids is 1. The van der Waals surface area contributed by atoms with E-state index in [1.54, 1.807) is 6.92 Å². The summed E-state index contributed by atoms with van der Waals surface area (Å²) in [5, 5.41) is 22.8. The number of nitrogens with one attached hydrogen (secondary N) is 1. The first-order valence-corrected chi connectivity index (χ1v) is 7.78. The number of nitrogens with zero attached hydrogens (tertiary/aromatic N) is 2. The molecule has 21 heavy (non-hydrogen) atoms. The Kier molecular flexibility index (Phi) is 3.77. The van der Waals surface area contributed by atoms with Crippen molar-refractivity contribution in [3.8, 4) is 0 Å². The molecule has 2 aromatic rings. The zero-order valence-corrected chi connectivity index (χ0v) is 12.5. The third-order valence-corrected chi connectivity index (χ3v) is 5.32. The van der Waals surface area contributed by atoms with Crippen LogP contribution >= 0.6 is 11.3 Å². The first-order valence-electron chi connectivity index (χ1n) is 6.96. The predicted molar refractivity (Wildman–Crippen MR) is 80.9 cm³/mol. The number of hydrogen-bond donors (Lipinski definition) is 3. The molecule has 7 heteroatoms. The second-order valence-electron chi connectivity index (χ2n) is 5.39. The van der Waals surface area contributed by atoms with E-state index >= 15 is 0 Å². The molecule has 0 amide bonds. The van der Waals surface area contributed by atoms with Crippen LogP contribution in [0.25, 0.3) is 10.2 Å². The third kappa shape index (κ3) is 2.47. The highest BCUT2D eigenvalue weighted by Crippen LogP contribution is 2.35. The molecule has 2 unspecified atom stereocenters. The number of aryl methyl sites for hydroxylation is 1. The summed E-state index contributed by atoms with van der Waals surface area (Å²) in [4.78, 5) is 20.7. The summed E-state index contributed by atoms with van der Waals surface area (Å²) in [6, 6.07) is 0.181. The van der Waals surface area contributed by atoms with E-state index in [0.29, 0.717) is 21.1 Å². The van der Waals surface area contributed by atoms with Crippen molar-refractivity contribution in [3.63, 3.8) is 0 Å². The molecular formula is C14H17N3O3S. The molecule has 0 bridgehead atoms. The molecule has 2 aromatic heterocycles. The predicted octanol–water partition coefficient (Wildman–Crippen LogP) is 2.27.